The summed E-state index contributed by atoms with van der Waals surface area (Å²) >= 11 is 1.48. The Morgan fingerprint density at radius 3 is 3.00 bits per heavy atom. The molecule has 0 spiro atoms. The topological polar surface area (TPSA) is 66.8 Å². The molecule has 0 radical (unpaired) electrons. The molecule has 7 heteroatoms. The molecule has 1 saturated heterocycles. The number of carboxylic acids is 1. The monoisotopic (exact) mass is 309 g/mol. The maximum absolute atomic E-state index is 13.0. The number of hydrogen-bond donors (Lipinski definition) is 1. The summed E-state index contributed by atoms with van der Waals surface area (Å²) in [4.78, 5) is 23.9. The summed E-state index contributed by atoms with van der Waals surface area (Å²) in [6, 6.07) is 5.78. The highest BCUT2D eigenvalue weighted by Gasteiger charge is 2.45. The number of aliphatic carboxylic acids is 1. The van der Waals surface area contributed by atoms with Crippen molar-refractivity contribution in [2.24, 2.45) is 0 Å². The number of carbonyl (C=O) groups is 2. The maximum atomic E-state index is 13.0. The van der Waals surface area contributed by atoms with Gasteiger partial charge in [0, 0.05) is 6.07 Å². The Morgan fingerprint density at radius 1 is 1.52 bits per heavy atom. The second kappa shape index (κ2) is 5.40. The number of hydrogen-bond acceptors (Lipinski definition) is 4. The fourth-order valence-electron chi connectivity index (χ4n) is 2.28. The van der Waals surface area contributed by atoms with E-state index in [1.165, 1.54) is 34.9 Å². The van der Waals surface area contributed by atoms with Gasteiger partial charge in [0.15, 0.2) is 0 Å². The zero-order valence-electron chi connectivity index (χ0n) is 10.9. The van der Waals surface area contributed by atoms with Crippen molar-refractivity contribution in [1.29, 1.82) is 0 Å². The first kappa shape index (κ1) is 13.9. The van der Waals surface area contributed by atoms with Gasteiger partial charge in [0.05, 0.1) is 17.0 Å². The van der Waals surface area contributed by atoms with E-state index >= 15 is 0 Å². The van der Waals surface area contributed by atoms with Crippen molar-refractivity contribution in [3.8, 4) is 5.75 Å². The first-order valence-corrected chi connectivity index (χ1v) is 7.30. The first-order valence-electron chi connectivity index (χ1n) is 6.35. The largest absolute Gasteiger partial charge is 0.492 e. The number of rotatable bonds is 4. The van der Waals surface area contributed by atoms with Crippen LogP contribution in [0.2, 0.25) is 0 Å². The van der Waals surface area contributed by atoms with Crippen molar-refractivity contribution in [1.82, 2.24) is 4.90 Å². The van der Waals surface area contributed by atoms with Gasteiger partial charge in [-0.3, -0.25) is 9.69 Å². The number of nitrogens with zero attached hydrogens (tertiary/aromatic N) is 1. The van der Waals surface area contributed by atoms with Crippen LogP contribution in [-0.4, -0.2) is 39.1 Å². The SMILES string of the molecule is O=C(O)C1=CC(COc2cccc(F)c2)S[C@@H]2CC(=O)N12. The van der Waals surface area contributed by atoms with E-state index in [0.717, 1.165) is 0 Å². The number of thioether (sulfide) groups is 1. The summed E-state index contributed by atoms with van der Waals surface area (Å²) in [6.07, 6.45) is 1.85. The van der Waals surface area contributed by atoms with Crippen LogP contribution in [0.15, 0.2) is 36.0 Å². The first-order chi connectivity index (χ1) is 10.0. The minimum Gasteiger partial charge on any atom is -0.492 e. The van der Waals surface area contributed by atoms with Crippen LogP contribution in [0.4, 0.5) is 4.39 Å². The quantitative estimate of drug-likeness (QED) is 0.860. The maximum Gasteiger partial charge on any atom is 0.352 e. The number of halogens is 1. The summed E-state index contributed by atoms with van der Waals surface area (Å²) in [5.41, 5.74) is 0.00263. The highest BCUT2D eigenvalue weighted by atomic mass is 32.2. The predicted molar refractivity (Wildman–Crippen MR) is 74.2 cm³/mol. The molecule has 2 atom stereocenters. The van der Waals surface area contributed by atoms with E-state index in [-0.39, 0.29) is 34.7 Å². The zero-order chi connectivity index (χ0) is 15.0. The van der Waals surface area contributed by atoms with Crippen LogP contribution in [0.5, 0.6) is 5.75 Å². The number of benzene rings is 1. The van der Waals surface area contributed by atoms with Gasteiger partial charge in [-0.25, -0.2) is 9.18 Å². The van der Waals surface area contributed by atoms with Gasteiger partial charge in [0.2, 0.25) is 5.91 Å². The third-order valence-corrected chi connectivity index (χ3v) is 4.58. The minimum atomic E-state index is -1.12. The van der Waals surface area contributed by atoms with Crippen molar-refractivity contribution in [2.75, 3.05) is 6.61 Å². The molecule has 2 aliphatic rings. The lowest BCUT2D eigenvalue weighted by Gasteiger charge is -2.44. The molecule has 0 saturated carbocycles. The van der Waals surface area contributed by atoms with Crippen molar-refractivity contribution < 1.29 is 23.8 Å². The fourth-order valence-corrected chi connectivity index (χ4v) is 3.63. The lowest BCUT2D eigenvalue weighted by molar-refractivity contribution is -0.146. The Balaban J connectivity index is 1.70. The molecule has 0 aromatic heterocycles. The normalized spacial score (nSPS) is 24.0. The second-order valence-corrected chi connectivity index (χ2v) is 6.14. The third kappa shape index (κ3) is 2.73. The Labute approximate surface area is 124 Å². The minimum absolute atomic E-state index is 0.00263. The van der Waals surface area contributed by atoms with Crippen LogP contribution in [-0.2, 0) is 9.59 Å². The molecule has 1 N–H and O–H groups in total. The Morgan fingerprint density at radius 2 is 2.33 bits per heavy atom. The predicted octanol–water partition coefficient (Wildman–Crippen LogP) is 1.85. The lowest BCUT2D eigenvalue weighted by atomic mass is 10.1. The molecule has 110 valence electrons. The Hall–Kier alpha value is -2.02. The molecule has 2 aliphatic heterocycles. The summed E-state index contributed by atoms with van der Waals surface area (Å²) in [5.74, 6) is -1.29. The van der Waals surface area contributed by atoms with Gasteiger partial charge in [-0.2, -0.15) is 0 Å². The van der Waals surface area contributed by atoms with Crippen LogP contribution in [0.3, 0.4) is 0 Å². The van der Waals surface area contributed by atoms with Crippen LogP contribution >= 0.6 is 11.8 Å². The van der Waals surface area contributed by atoms with Crippen LogP contribution in [0, 0.1) is 5.82 Å². The highest BCUT2D eigenvalue weighted by Crippen LogP contribution is 2.40. The molecule has 1 amide bonds. The van der Waals surface area contributed by atoms with E-state index < -0.39 is 5.97 Å². The molecule has 0 bridgehead atoms. The molecule has 1 fully saturated rings. The van der Waals surface area contributed by atoms with Gasteiger partial charge < -0.3 is 9.84 Å². The molecule has 0 aliphatic carbocycles. The van der Waals surface area contributed by atoms with E-state index in [9.17, 15) is 14.0 Å². The van der Waals surface area contributed by atoms with Gasteiger partial charge in [-0.15, -0.1) is 11.8 Å². The van der Waals surface area contributed by atoms with Gasteiger partial charge in [0.1, 0.15) is 23.9 Å². The average Bonchev–Trinajstić information content (AvgIpc) is 2.43. The molecule has 21 heavy (non-hydrogen) atoms. The summed E-state index contributed by atoms with van der Waals surface area (Å²) < 4.78 is 18.5. The van der Waals surface area contributed by atoms with E-state index in [0.29, 0.717) is 12.2 Å². The van der Waals surface area contributed by atoms with E-state index in [1.807, 2.05) is 0 Å². The molecule has 1 aromatic rings. The van der Waals surface area contributed by atoms with Gasteiger partial charge in [0.25, 0.3) is 0 Å². The summed E-state index contributed by atoms with van der Waals surface area (Å²) in [5, 5.41) is 8.83. The van der Waals surface area contributed by atoms with Crippen molar-refractivity contribution in [3.63, 3.8) is 0 Å². The summed E-state index contributed by atoms with van der Waals surface area (Å²) in [6.45, 7) is 0.226. The van der Waals surface area contributed by atoms with Crippen molar-refractivity contribution in [2.45, 2.75) is 17.0 Å². The molecular formula is C14H12FNO4S. The Kier molecular flexibility index (Phi) is 3.59. The molecule has 3 rings (SSSR count). The zero-order valence-corrected chi connectivity index (χ0v) is 11.7. The number of fused-ring (bicyclic) bond motifs is 1. The molecule has 2 heterocycles. The molecule has 1 unspecified atom stereocenters. The Bertz CT molecular complexity index is 633. The number of ether oxygens (including phenoxy) is 1. The number of carbonyl (C=O) groups excluding carboxylic acids is 1. The van der Waals surface area contributed by atoms with E-state index in [4.69, 9.17) is 9.84 Å². The van der Waals surface area contributed by atoms with E-state index in [2.05, 4.69) is 0 Å². The van der Waals surface area contributed by atoms with Crippen molar-refractivity contribution in [3.05, 3.63) is 41.9 Å². The smallest absolute Gasteiger partial charge is 0.352 e. The second-order valence-electron chi connectivity index (χ2n) is 4.72. The van der Waals surface area contributed by atoms with Gasteiger partial charge >= 0.3 is 5.97 Å². The highest BCUT2D eigenvalue weighted by molar-refractivity contribution is 8.00. The average molecular weight is 309 g/mol. The lowest BCUT2D eigenvalue weighted by Crippen LogP contribution is -2.54. The standard InChI is InChI=1S/C14H12FNO4S/c15-8-2-1-3-9(4-8)20-7-10-5-11(14(18)19)16-12(17)6-13(16)21-10/h1-5,10,13H,6-7H2,(H,18,19)/t10?,13-/m1/s1. The van der Waals surface area contributed by atoms with Crippen LogP contribution in [0.1, 0.15) is 6.42 Å². The van der Waals surface area contributed by atoms with Gasteiger partial charge in [-0.1, -0.05) is 6.07 Å². The number of amides is 1. The number of carboxylic acid groups (broad SMARTS) is 1. The molecular weight excluding hydrogens is 297 g/mol. The fraction of sp³-hybridized carbons (Fsp3) is 0.286. The number of β-lactam (4-membered cyclic amide) rings is 1. The van der Waals surface area contributed by atoms with Gasteiger partial charge in [-0.05, 0) is 18.2 Å². The third-order valence-electron chi connectivity index (χ3n) is 3.27. The van der Waals surface area contributed by atoms with E-state index in [1.54, 1.807) is 12.1 Å². The van der Waals surface area contributed by atoms with Crippen LogP contribution in [0.25, 0.3) is 0 Å². The van der Waals surface area contributed by atoms with Crippen LogP contribution < -0.4 is 4.74 Å². The summed E-state index contributed by atoms with van der Waals surface area (Å²) in [7, 11) is 0. The van der Waals surface area contributed by atoms with Crippen molar-refractivity contribution >= 4 is 23.6 Å². The molecule has 1 aromatic carbocycles. The molecule has 5 nitrogen and oxygen atoms in total.